The van der Waals surface area contributed by atoms with Gasteiger partial charge in [-0.3, -0.25) is 9.67 Å². The number of benzene rings is 1. The van der Waals surface area contributed by atoms with E-state index in [0.717, 1.165) is 31.2 Å². The number of aryl methyl sites for hydroxylation is 1. The van der Waals surface area contributed by atoms with E-state index in [9.17, 15) is 0 Å². The Bertz CT molecular complexity index is 702. The molecule has 1 heterocycles. The molecule has 0 aliphatic heterocycles. The third-order valence-corrected chi connectivity index (χ3v) is 4.74. The van der Waals surface area contributed by atoms with Crippen LogP contribution in [0.3, 0.4) is 0 Å². The van der Waals surface area contributed by atoms with Gasteiger partial charge >= 0.3 is 0 Å². The minimum Gasteiger partial charge on any atom is -0.356 e. The summed E-state index contributed by atoms with van der Waals surface area (Å²) in [7, 11) is 5.90. The van der Waals surface area contributed by atoms with Crippen LogP contribution in [0.25, 0.3) is 0 Å². The first-order chi connectivity index (χ1) is 12.5. The van der Waals surface area contributed by atoms with E-state index in [1.165, 1.54) is 11.1 Å². The van der Waals surface area contributed by atoms with Gasteiger partial charge in [-0.15, -0.1) is 0 Å². The molecule has 0 saturated carbocycles. The molecule has 0 spiro atoms. The van der Waals surface area contributed by atoms with Crippen molar-refractivity contribution in [1.82, 2.24) is 20.0 Å². The van der Waals surface area contributed by atoms with Gasteiger partial charge in [-0.25, -0.2) is 0 Å². The van der Waals surface area contributed by atoms with E-state index in [4.69, 9.17) is 0 Å². The Kier molecular flexibility index (Phi) is 7.25. The van der Waals surface area contributed by atoms with Crippen LogP contribution in [0.1, 0.15) is 55.8 Å². The summed E-state index contributed by atoms with van der Waals surface area (Å²) in [4.78, 5) is 6.64. The third kappa shape index (κ3) is 5.10. The standard InChI is InChI=1S/C21H33N5/c1-7-17(18-11-9-8-10-12-18)13-23-21(22-4)25(5)14-19-15-26(6)24-20(19)16(2)3/h8-12,15-17H,7,13-14H2,1-6H3,(H,22,23). The van der Waals surface area contributed by atoms with Crippen molar-refractivity contribution in [3.05, 3.63) is 53.3 Å². The maximum Gasteiger partial charge on any atom is 0.193 e. The topological polar surface area (TPSA) is 45.5 Å². The monoisotopic (exact) mass is 355 g/mol. The highest BCUT2D eigenvalue weighted by molar-refractivity contribution is 5.79. The van der Waals surface area contributed by atoms with Crippen molar-refractivity contribution in [1.29, 1.82) is 0 Å². The van der Waals surface area contributed by atoms with Crippen molar-refractivity contribution in [3.63, 3.8) is 0 Å². The second kappa shape index (κ2) is 9.41. The van der Waals surface area contributed by atoms with E-state index in [-0.39, 0.29) is 0 Å². The Morgan fingerprint density at radius 1 is 1.27 bits per heavy atom. The average molecular weight is 356 g/mol. The third-order valence-electron chi connectivity index (χ3n) is 4.74. The van der Waals surface area contributed by atoms with E-state index in [0.29, 0.717) is 11.8 Å². The number of nitrogens with one attached hydrogen (secondary N) is 1. The van der Waals surface area contributed by atoms with Gasteiger partial charge in [-0.05, 0) is 17.9 Å². The first-order valence-electron chi connectivity index (χ1n) is 9.45. The highest BCUT2D eigenvalue weighted by atomic mass is 15.3. The molecular weight excluding hydrogens is 322 g/mol. The Morgan fingerprint density at radius 2 is 1.96 bits per heavy atom. The Hall–Kier alpha value is -2.30. The lowest BCUT2D eigenvalue weighted by atomic mass is 9.96. The summed E-state index contributed by atoms with van der Waals surface area (Å²) >= 11 is 0. The van der Waals surface area contributed by atoms with Gasteiger partial charge in [-0.2, -0.15) is 5.10 Å². The molecule has 142 valence electrons. The molecule has 0 bridgehead atoms. The van der Waals surface area contributed by atoms with Gasteiger partial charge in [-0.1, -0.05) is 51.1 Å². The summed E-state index contributed by atoms with van der Waals surface area (Å²) in [5.41, 5.74) is 3.78. The first kappa shape index (κ1) is 20.0. The molecule has 0 aliphatic rings. The molecule has 26 heavy (non-hydrogen) atoms. The molecule has 5 nitrogen and oxygen atoms in total. The van der Waals surface area contributed by atoms with Crippen LogP contribution in [0.5, 0.6) is 0 Å². The molecule has 1 aromatic carbocycles. The maximum absolute atomic E-state index is 4.61. The zero-order valence-electron chi connectivity index (χ0n) is 17.0. The van der Waals surface area contributed by atoms with Crippen LogP contribution in [-0.2, 0) is 13.6 Å². The van der Waals surface area contributed by atoms with Gasteiger partial charge in [0.15, 0.2) is 5.96 Å². The lowest BCUT2D eigenvalue weighted by Gasteiger charge is -2.24. The number of hydrogen-bond acceptors (Lipinski definition) is 2. The summed E-state index contributed by atoms with van der Waals surface area (Å²) in [6, 6.07) is 10.7. The van der Waals surface area contributed by atoms with Gasteiger partial charge < -0.3 is 10.2 Å². The molecular formula is C21H33N5. The lowest BCUT2D eigenvalue weighted by molar-refractivity contribution is 0.467. The van der Waals surface area contributed by atoms with E-state index in [1.807, 2.05) is 18.8 Å². The zero-order chi connectivity index (χ0) is 19.1. The van der Waals surface area contributed by atoms with Crippen molar-refractivity contribution >= 4 is 5.96 Å². The quantitative estimate of drug-likeness (QED) is 0.608. The van der Waals surface area contributed by atoms with Gasteiger partial charge in [0, 0.05) is 51.9 Å². The average Bonchev–Trinajstić information content (AvgIpc) is 3.00. The molecule has 0 saturated heterocycles. The fourth-order valence-corrected chi connectivity index (χ4v) is 3.32. The number of rotatable bonds is 7. The first-order valence-corrected chi connectivity index (χ1v) is 9.45. The number of hydrogen-bond donors (Lipinski definition) is 1. The maximum atomic E-state index is 4.61. The van der Waals surface area contributed by atoms with Crippen molar-refractivity contribution < 1.29 is 0 Å². The van der Waals surface area contributed by atoms with Crippen molar-refractivity contribution in [2.24, 2.45) is 12.0 Å². The second-order valence-corrected chi connectivity index (χ2v) is 7.17. The second-order valence-electron chi connectivity index (χ2n) is 7.17. The summed E-state index contributed by atoms with van der Waals surface area (Å²) < 4.78 is 1.90. The van der Waals surface area contributed by atoms with Crippen molar-refractivity contribution in [2.45, 2.75) is 45.6 Å². The SMILES string of the molecule is CCC(CNC(=NC)N(C)Cc1cn(C)nc1C(C)C)c1ccccc1. The molecule has 0 amide bonds. The summed E-state index contributed by atoms with van der Waals surface area (Å²) in [6.45, 7) is 8.27. The van der Waals surface area contributed by atoms with Crippen LogP contribution in [0.15, 0.2) is 41.5 Å². The summed E-state index contributed by atoms with van der Waals surface area (Å²) in [5, 5.41) is 8.15. The molecule has 1 N–H and O–H groups in total. The van der Waals surface area contributed by atoms with Crippen LogP contribution in [0.4, 0.5) is 0 Å². The van der Waals surface area contributed by atoms with E-state index >= 15 is 0 Å². The number of guanidine groups is 1. The summed E-state index contributed by atoms with van der Waals surface area (Å²) in [6.07, 6.45) is 3.20. The van der Waals surface area contributed by atoms with E-state index in [1.54, 1.807) is 0 Å². The number of aromatic nitrogens is 2. The molecule has 1 atom stereocenters. The zero-order valence-corrected chi connectivity index (χ0v) is 17.0. The van der Waals surface area contributed by atoms with Gasteiger partial charge in [0.2, 0.25) is 0 Å². The molecule has 2 rings (SSSR count). The van der Waals surface area contributed by atoms with Gasteiger partial charge in [0.05, 0.1) is 5.69 Å². The molecule has 0 aliphatic carbocycles. The van der Waals surface area contributed by atoms with Crippen LogP contribution >= 0.6 is 0 Å². The normalized spacial score (nSPS) is 13.1. The van der Waals surface area contributed by atoms with Crippen molar-refractivity contribution in [2.75, 3.05) is 20.6 Å². The Labute approximate surface area is 158 Å². The minimum absolute atomic E-state index is 0.414. The fourth-order valence-electron chi connectivity index (χ4n) is 3.32. The molecule has 1 unspecified atom stereocenters. The van der Waals surface area contributed by atoms with Crippen LogP contribution in [0, 0.1) is 0 Å². The van der Waals surface area contributed by atoms with Gasteiger partial charge in [0.1, 0.15) is 0 Å². The highest BCUT2D eigenvalue weighted by Gasteiger charge is 2.16. The lowest BCUT2D eigenvalue weighted by Crippen LogP contribution is -2.40. The number of aliphatic imine (C=N–C) groups is 1. The molecule has 0 fully saturated rings. The van der Waals surface area contributed by atoms with Crippen LogP contribution in [-0.4, -0.2) is 41.3 Å². The molecule has 5 heteroatoms. The predicted octanol–water partition coefficient (Wildman–Crippen LogP) is 3.74. The fraction of sp³-hybridized carbons (Fsp3) is 0.524. The van der Waals surface area contributed by atoms with E-state index in [2.05, 4.69) is 84.7 Å². The van der Waals surface area contributed by atoms with Crippen molar-refractivity contribution in [3.8, 4) is 0 Å². The van der Waals surface area contributed by atoms with E-state index < -0.39 is 0 Å². The summed E-state index contributed by atoms with van der Waals surface area (Å²) in [5.74, 6) is 1.81. The van der Waals surface area contributed by atoms with Gasteiger partial charge in [0.25, 0.3) is 0 Å². The minimum atomic E-state index is 0.414. The smallest absolute Gasteiger partial charge is 0.193 e. The molecule has 0 radical (unpaired) electrons. The molecule has 1 aromatic heterocycles. The van der Waals surface area contributed by atoms with Crippen LogP contribution < -0.4 is 5.32 Å². The number of nitrogens with zero attached hydrogens (tertiary/aromatic N) is 4. The highest BCUT2D eigenvalue weighted by Crippen LogP contribution is 2.20. The van der Waals surface area contributed by atoms with Crippen LogP contribution in [0.2, 0.25) is 0 Å². The Morgan fingerprint density at radius 3 is 2.54 bits per heavy atom. The molecule has 2 aromatic rings. The largest absolute Gasteiger partial charge is 0.356 e. The predicted molar refractivity (Wildman–Crippen MR) is 110 cm³/mol. The Balaban J connectivity index is 2.02.